The lowest BCUT2D eigenvalue weighted by molar-refractivity contribution is -0.121. The molecule has 3 unspecified atom stereocenters. The standard InChI is InChI=1S/C13H18N2OS/c1-7-8(2)17-13(14-7)15-12(16)11-6-9-3-4-10(11)5-9/h9-11H,3-6H2,1-2H3,(H,14,15,16). The van der Waals surface area contributed by atoms with Crippen molar-refractivity contribution in [3.05, 3.63) is 10.6 Å². The minimum atomic E-state index is 0.200. The van der Waals surface area contributed by atoms with Gasteiger partial charge < -0.3 is 5.32 Å². The van der Waals surface area contributed by atoms with Gasteiger partial charge in [-0.15, -0.1) is 11.3 Å². The average Bonchev–Trinajstić information content (AvgIpc) is 2.95. The van der Waals surface area contributed by atoms with Crippen molar-refractivity contribution in [2.75, 3.05) is 5.32 Å². The molecule has 4 heteroatoms. The maximum atomic E-state index is 12.2. The Hall–Kier alpha value is -0.900. The van der Waals surface area contributed by atoms with Gasteiger partial charge in [0.25, 0.3) is 0 Å². The Morgan fingerprint density at radius 1 is 1.35 bits per heavy atom. The highest BCUT2D eigenvalue weighted by Gasteiger charge is 2.43. The number of carbonyl (C=O) groups is 1. The fraction of sp³-hybridized carbons (Fsp3) is 0.692. The third-order valence-electron chi connectivity index (χ3n) is 4.33. The van der Waals surface area contributed by atoms with Gasteiger partial charge in [-0.05, 0) is 44.9 Å². The zero-order chi connectivity index (χ0) is 12.0. The van der Waals surface area contributed by atoms with Gasteiger partial charge in [0.15, 0.2) is 5.13 Å². The molecule has 0 spiro atoms. The van der Waals surface area contributed by atoms with Crippen molar-refractivity contribution in [2.24, 2.45) is 17.8 Å². The zero-order valence-corrected chi connectivity index (χ0v) is 11.1. The smallest absolute Gasteiger partial charge is 0.229 e. The first-order valence-corrected chi connectivity index (χ1v) is 7.20. The van der Waals surface area contributed by atoms with E-state index in [1.807, 2.05) is 13.8 Å². The fourth-order valence-corrected chi connectivity index (χ4v) is 4.11. The molecule has 17 heavy (non-hydrogen) atoms. The van der Waals surface area contributed by atoms with Crippen LogP contribution in [0.2, 0.25) is 0 Å². The molecule has 1 N–H and O–H groups in total. The number of carbonyl (C=O) groups excluding carboxylic acids is 1. The maximum Gasteiger partial charge on any atom is 0.229 e. The van der Waals surface area contributed by atoms with E-state index in [1.54, 1.807) is 11.3 Å². The van der Waals surface area contributed by atoms with E-state index in [4.69, 9.17) is 0 Å². The number of hydrogen-bond acceptors (Lipinski definition) is 3. The summed E-state index contributed by atoms with van der Waals surface area (Å²) < 4.78 is 0. The highest BCUT2D eigenvalue weighted by atomic mass is 32.1. The molecule has 2 saturated carbocycles. The number of amides is 1. The summed E-state index contributed by atoms with van der Waals surface area (Å²) in [6.45, 7) is 4.03. The minimum Gasteiger partial charge on any atom is -0.302 e. The second-order valence-corrected chi connectivity index (χ2v) is 6.63. The minimum absolute atomic E-state index is 0.200. The van der Waals surface area contributed by atoms with E-state index < -0.39 is 0 Å². The molecular weight excluding hydrogens is 232 g/mol. The first-order chi connectivity index (χ1) is 8.13. The van der Waals surface area contributed by atoms with E-state index >= 15 is 0 Å². The summed E-state index contributed by atoms with van der Waals surface area (Å²) in [5, 5.41) is 3.77. The van der Waals surface area contributed by atoms with Crippen LogP contribution in [-0.4, -0.2) is 10.9 Å². The summed E-state index contributed by atoms with van der Waals surface area (Å²) in [5.41, 5.74) is 1.03. The molecule has 1 aromatic heterocycles. The Bertz CT molecular complexity index is 435. The Morgan fingerprint density at radius 2 is 2.18 bits per heavy atom. The number of rotatable bonds is 2. The van der Waals surface area contributed by atoms with E-state index in [-0.39, 0.29) is 11.8 Å². The lowest BCUT2D eigenvalue weighted by Gasteiger charge is -2.19. The van der Waals surface area contributed by atoms with Crippen molar-refractivity contribution in [1.82, 2.24) is 4.98 Å². The molecule has 1 amide bonds. The number of nitrogens with zero attached hydrogens (tertiary/aromatic N) is 1. The maximum absolute atomic E-state index is 12.2. The van der Waals surface area contributed by atoms with Crippen LogP contribution in [0, 0.1) is 31.6 Å². The van der Waals surface area contributed by atoms with E-state index in [1.165, 1.54) is 24.1 Å². The van der Waals surface area contributed by atoms with Crippen LogP contribution < -0.4 is 5.32 Å². The van der Waals surface area contributed by atoms with Gasteiger partial charge in [0.1, 0.15) is 0 Å². The molecule has 3 rings (SSSR count). The highest BCUT2D eigenvalue weighted by molar-refractivity contribution is 7.15. The molecule has 2 aliphatic rings. The van der Waals surface area contributed by atoms with Crippen LogP contribution in [0.5, 0.6) is 0 Å². The molecule has 0 aliphatic heterocycles. The summed E-state index contributed by atoms with van der Waals surface area (Å²) in [6, 6.07) is 0. The molecule has 1 aromatic rings. The summed E-state index contributed by atoms with van der Waals surface area (Å²) in [5.74, 6) is 1.90. The Labute approximate surface area is 106 Å². The number of anilines is 1. The molecule has 0 saturated heterocycles. The largest absolute Gasteiger partial charge is 0.302 e. The second kappa shape index (κ2) is 4.09. The Kier molecular flexibility index (Phi) is 2.69. The third-order valence-corrected chi connectivity index (χ3v) is 5.32. The molecule has 92 valence electrons. The number of aromatic nitrogens is 1. The predicted molar refractivity (Wildman–Crippen MR) is 69.2 cm³/mol. The van der Waals surface area contributed by atoms with Gasteiger partial charge in [0.2, 0.25) is 5.91 Å². The van der Waals surface area contributed by atoms with Gasteiger partial charge in [-0.2, -0.15) is 0 Å². The van der Waals surface area contributed by atoms with Gasteiger partial charge in [0.05, 0.1) is 5.69 Å². The summed E-state index contributed by atoms with van der Waals surface area (Å²) in [4.78, 5) is 17.7. The molecule has 2 bridgehead atoms. The van der Waals surface area contributed by atoms with Gasteiger partial charge in [-0.3, -0.25) is 4.79 Å². The average molecular weight is 250 g/mol. The van der Waals surface area contributed by atoms with Crippen LogP contribution in [0.25, 0.3) is 0 Å². The van der Waals surface area contributed by atoms with E-state index in [9.17, 15) is 4.79 Å². The van der Waals surface area contributed by atoms with Crippen molar-refractivity contribution in [1.29, 1.82) is 0 Å². The zero-order valence-electron chi connectivity index (χ0n) is 10.3. The molecule has 2 aliphatic carbocycles. The highest BCUT2D eigenvalue weighted by Crippen LogP contribution is 2.48. The van der Waals surface area contributed by atoms with Crippen LogP contribution in [0.15, 0.2) is 0 Å². The Morgan fingerprint density at radius 3 is 2.71 bits per heavy atom. The van der Waals surface area contributed by atoms with Crippen molar-refractivity contribution in [2.45, 2.75) is 39.5 Å². The SMILES string of the molecule is Cc1nc(NC(=O)C2CC3CCC2C3)sc1C. The Balaban J connectivity index is 1.67. The molecule has 2 fully saturated rings. The van der Waals surface area contributed by atoms with Gasteiger partial charge in [-0.1, -0.05) is 6.42 Å². The van der Waals surface area contributed by atoms with Crippen LogP contribution in [0.1, 0.15) is 36.3 Å². The third kappa shape index (κ3) is 1.99. The molecule has 3 atom stereocenters. The number of thiazole rings is 1. The first-order valence-electron chi connectivity index (χ1n) is 6.38. The molecular formula is C13H18N2OS. The normalized spacial score (nSPS) is 30.8. The van der Waals surface area contributed by atoms with Crippen LogP contribution in [-0.2, 0) is 4.79 Å². The molecule has 0 radical (unpaired) electrons. The molecule has 1 heterocycles. The number of hydrogen-bond donors (Lipinski definition) is 1. The van der Waals surface area contributed by atoms with E-state index in [0.717, 1.165) is 23.2 Å². The first kappa shape index (κ1) is 11.2. The summed E-state index contributed by atoms with van der Waals surface area (Å²) >= 11 is 1.58. The van der Waals surface area contributed by atoms with E-state index in [0.29, 0.717) is 5.92 Å². The molecule has 0 aromatic carbocycles. The molecule has 3 nitrogen and oxygen atoms in total. The van der Waals surface area contributed by atoms with Gasteiger partial charge in [-0.25, -0.2) is 4.98 Å². The lowest BCUT2D eigenvalue weighted by Crippen LogP contribution is -2.27. The predicted octanol–water partition coefficient (Wildman–Crippen LogP) is 3.13. The van der Waals surface area contributed by atoms with Crippen molar-refractivity contribution in [3.63, 3.8) is 0 Å². The second-order valence-electron chi connectivity index (χ2n) is 5.43. The van der Waals surface area contributed by atoms with Crippen LogP contribution in [0.4, 0.5) is 5.13 Å². The summed E-state index contributed by atoms with van der Waals surface area (Å²) in [6.07, 6.45) is 4.95. The monoisotopic (exact) mass is 250 g/mol. The van der Waals surface area contributed by atoms with Gasteiger partial charge in [0, 0.05) is 10.8 Å². The van der Waals surface area contributed by atoms with Crippen LogP contribution >= 0.6 is 11.3 Å². The summed E-state index contributed by atoms with van der Waals surface area (Å²) in [7, 11) is 0. The number of fused-ring (bicyclic) bond motifs is 2. The topological polar surface area (TPSA) is 42.0 Å². The number of nitrogens with one attached hydrogen (secondary N) is 1. The van der Waals surface area contributed by atoms with Crippen LogP contribution in [0.3, 0.4) is 0 Å². The fourth-order valence-electron chi connectivity index (χ4n) is 3.29. The van der Waals surface area contributed by atoms with Crippen molar-refractivity contribution >= 4 is 22.4 Å². The quantitative estimate of drug-likeness (QED) is 0.876. The lowest BCUT2D eigenvalue weighted by atomic mass is 9.88. The van der Waals surface area contributed by atoms with Gasteiger partial charge >= 0.3 is 0 Å². The van der Waals surface area contributed by atoms with Crippen molar-refractivity contribution < 1.29 is 4.79 Å². The van der Waals surface area contributed by atoms with E-state index in [2.05, 4.69) is 10.3 Å². The number of aryl methyl sites for hydroxylation is 2. The van der Waals surface area contributed by atoms with Crippen molar-refractivity contribution in [3.8, 4) is 0 Å².